The van der Waals surface area contributed by atoms with Crippen molar-refractivity contribution in [3.63, 3.8) is 0 Å². The van der Waals surface area contributed by atoms with E-state index >= 15 is 0 Å². The Kier molecular flexibility index (Phi) is 7.02. The first kappa shape index (κ1) is 15.5. The van der Waals surface area contributed by atoms with E-state index < -0.39 is 28.5 Å². The largest absolute Gasteiger partial charge is 0.505 e. The van der Waals surface area contributed by atoms with Gasteiger partial charge in [0.1, 0.15) is 6.04 Å². The molecule has 0 aromatic carbocycles. The van der Waals surface area contributed by atoms with Gasteiger partial charge in [-0.25, -0.2) is 4.79 Å². The summed E-state index contributed by atoms with van der Waals surface area (Å²) >= 11 is 10.6. The SMILES string of the molecule is COC(=O)C(CC(O)=C[N+]#N)NC(=O)C(Cl)Cl. The van der Waals surface area contributed by atoms with Crippen LogP contribution < -0.4 is 5.32 Å². The molecule has 0 aliphatic heterocycles. The summed E-state index contributed by atoms with van der Waals surface area (Å²) in [5.74, 6) is -2.04. The van der Waals surface area contributed by atoms with Crippen LogP contribution in [0.4, 0.5) is 0 Å². The van der Waals surface area contributed by atoms with Crippen LogP contribution in [-0.4, -0.2) is 35.0 Å². The van der Waals surface area contributed by atoms with Gasteiger partial charge >= 0.3 is 12.2 Å². The number of diazo groups is 1. The molecule has 0 aromatic rings. The lowest BCUT2D eigenvalue weighted by molar-refractivity contribution is -0.145. The van der Waals surface area contributed by atoms with Crippen molar-refractivity contribution in [1.29, 1.82) is 5.39 Å². The highest BCUT2D eigenvalue weighted by atomic mass is 35.5. The zero-order valence-corrected chi connectivity index (χ0v) is 10.3. The summed E-state index contributed by atoms with van der Waals surface area (Å²) < 4.78 is 4.40. The van der Waals surface area contributed by atoms with E-state index in [1.165, 1.54) is 0 Å². The van der Waals surface area contributed by atoms with Crippen molar-refractivity contribution in [3.8, 4) is 0 Å². The fourth-order valence-electron chi connectivity index (χ4n) is 0.899. The van der Waals surface area contributed by atoms with Crippen molar-refractivity contribution in [1.82, 2.24) is 5.32 Å². The van der Waals surface area contributed by atoms with Crippen LogP contribution in [0.3, 0.4) is 0 Å². The van der Waals surface area contributed by atoms with Gasteiger partial charge in [0.25, 0.3) is 5.91 Å². The number of ether oxygens (including phenoxy) is 1. The quantitative estimate of drug-likeness (QED) is 0.340. The van der Waals surface area contributed by atoms with Crippen molar-refractivity contribution in [2.75, 3.05) is 7.11 Å². The van der Waals surface area contributed by atoms with Crippen molar-refractivity contribution in [3.05, 3.63) is 16.9 Å². The van der Waals surface area contributed by atoms with E-state index in [2.05, 4.69) is 15.0 Å². The van der Waals surface area contributed by atoms with Crippen LogP contribution in [0.1, 0.15) is 6.42 Å². The molecule has 0 radical (unpaired) electrons. The lowest BCUT2D eigenvalue weighted by Crippen LogP contribution is -2.43. The number of hydrogen-bond donors (Lipinski definition) is 2. The molecule has 0 bridgehead atoms. The second kappa shape index (κ2) is 7.70. The van der Waals surface area contributed by atoms with Crippen molar-refractivity contribution >= 4 is 35.1 Å². The summed E-state index contributed by atoms with van der Waals surface area (Å²) in [6.45, 7) is 0. The predicted molar refractivity (Wildman–Crippen MR) is 59.9 cm³/mol. The lowest BCUT2D eigenvalue weighted by atomic mass is 10.2. The summed E-state index contributed by atoms with van der Waals surface area (Å²) in [6, 6.07) is -1.18. The monoisotopic (exact) mass is 282 g/mol. The highest BCUT2D eigenvalue weighted by Crippen LogP contribution is 2.07. The molecule has 0 rings (SSSR count). The maximum Gasteiger partial charge on any atom is 0.387 e. The van der Waals surface area contributed by atoms with E-state index in [4.69, 9.17) is 28.6 Å². The minimum absolute atomic E-state index is 0.316. The van der Waals surface area contributed by atoms with Gasteiger partial charge in [-0.2, -0.15) is 0 Å². The van der Waals surface area contributed by atoms with E-state index in [1.54, 1.807) is 0 Å². The van der Waals surface area contributed by atoms with Crippen molar-refractivity contribution < 1.29 is 19.4 Å². The molecule has 0 heterocycles. The number of alkyl halides is 2. The first-order chi connectivity index (χ1) is 7.92. The van der Waals surface area contributed by atoms with Gasteiger partial charge in [0.05, 0.1) is 7.11 Å². The number of amides is 1. The molecule has 0 fully saturated rings. The Hall–Kier alpha value is -1.52. The van der Waals surface area contributed by atoms with E-state index in [9.17, 15) is 14.7 Å². The number of nitrogens with zero attached hydrogens (tertiary/aromatic N) is 2. The van der Waals surface area contributed by atoms with Gasteiger partial charge < -0.3 is 15.2 Å². The molecule has 1 atom stereocenters. The van der Waals surface area contributed by atoms with Crippen LogP contribution in [0.2, 0.25) is 0 Å². The van der Waals surface area contributed by atoms with Crippen molar-refractivity contribution in [2.45, 2.75) is 17.3 Å². The van der Waals surface area contributed by atoms with E-state index in [0.717, 1.165) is 7.11 Å². The molecule has 9 heteroatoms. The fourth-order valence-corrected chi connectivity index (χ4v) is 1.02. The van der Waals surface area contributed by atoms with Gasteiger partial charge in [-0.05, 0) is 0 Å². The first-order valence-electron chi connectivity index (χ1n) is 4.31. The number of aliphatic hydroxyl groups is 1. The summed E-state index contributed by atoms with van der Waals surface area (Å²) in [6.07, 6.45) is 0.393. The van der Waals surface area contributed by atoms with Crippen LogP contribution in [-0.2, 0) is 14.3 Å². The number of hydrogen-bond acceptors (Lipinski definition) is 5. The predicted octanol–water partition coefficient (Wildman–Crippen LogP) is 1.09. The van der Waals surface area contributed by atoms with Gasteiger partial charge in [0, 0.05) is 6.42 Å². The Balaban J connectivity index is 4.68. The standard InChI is InChI=1S/C8H9Cl2N3O4/c1-17-8(16)5(2-4(14)3-12-11)13-7(15)6(9)10/h3,5-6H,2H2,1H3,(H-,13,14,15)/p+1. The zero-order valence-electron chi connectivity index (χ0n) is 8.76. The van der Waals surface area contributed by atoms with Crippen LogP contribution in [0, 0.1) is 5.39 Å². The number of carbonyl (C=O) groups is 2. The average Bonchev–Trinajstić information content (AvgIpc) is 2.27. The topological polar surface area (TPSA) is 104 Å². The third kappa shape index (κ3) is 5.94. The summed E-state index contributed by atoms with van der Waals surface area (Å²) in [5.41, 5.74) is 0. The number of carbonyl (C=O) groups excluding carboxylic acids is 2. The smallest absolute Gasteiger partial charge is 0.387 e. The van der Waals surface area contributed by atoms with E-state index in [1.807, 2.05) is 0 Å². The summed E-state index contributed by atoms with van der Waals surface area (Å²) in [4.78, 5) is 23.6. The highest BCUT2D eigenvalue weighted by molar-refractivity contribution is 6.53. The number of esters is 1. The van der Waals surface area contributed by atoms with Gasteiger partial charge in [-0.3, -0.25) is 4.79 Å². The summed E-state index contributed by atoms with van der Waals surface area (Å²) in [7, 11) is 1.11. The maximum absolute atomic E-state index is 11.3. The number of aliphatic hydroxyl groups excluding tert-OH is 1. The molecular formula is C8H10Cl2N3O4+. The van der Waals surface area contributed by atoms with Gasteiger partial charge in [0.15, 0.2) is 15.6 Å². The maximum atomic E-state index is 11.3. The lowest BCUT2D eigenvalue weighted by Gasteiger charge is -2.15. The molecule has 1 unspecified atom stereocenters. The highest BCUT2D eigenvalue weighted by Gasteiger charge is 2.26. The molecule has 0 aliphatic carbocycles. The second-order valence-corrected chi connectivity index (χ2v) is 3.92. The minimum atomic E-state index is -1.35. The van der Waals surface area contributed by atoms with Crippen molar-refractivity contribution in [2.24, 2.45) is 0 Å². The molecule has 7 nitrogen and oxygen atoms in total. The Morgan fingerprint density at radius 2 is 2.18 bits per heavy atom. The molecule has 0 saturated heterocycles. The molecule has 0 aliphatic rings. The van der Waals surface area contributed by atoms with Gasteiger partial charge in [-0.15, -0.1) is 0 Å². The van der Waals surface area contributed by atoms with E-state index in [0.29, 0.717) is 6.20 Å². The molecule has 17 heavy (non-hydrogen) atoms. The van der Waals surface area contributed by atoms with Gasteiger partial charge in [-0.1, -0.05) is 23.2 Å². The van der Waals surface area contributed by atoms with Crippen LogP contribution >= 0.6 is 23.2 Å². The Bertz CT molecular complexity index is 364. The number of rotatable bonds is 5. The number of nitrogens with one attached hydrogen (secondary N) is 1. The first-order valence-corrected chi connectivity index (χ1v) is 5.18. The molecular weight excluding hydrogens is 273 g/mol. The van der Waals surface area contributed by atoms with Crippen LogP contribution in [0.25, 0.3) is 4.98 Å². The molecule has 0 saturated carbocycles. The molecule has 0 aromatic heterocycles. The second-order valence-electron chi connectivity index (χ2n) is 2.83. The molecule has 94 valence electrons. The minimum Gasteiger partial charge on any atom is -0.505 e. The molecule has 1 amide bonds. The Labute approximate surface area is 107 Å². The average molecular weight is 283 g/mol. The number of methoxy groups -OCH3 is 1. The zero-order chi connectivity index (χ0) is 13.4. The van der Waals surface area contributed by atoms with E-state index in [-0.39, 0.29) is 6.42 Å². The Morgan fingerprint density at radius 3 is 2.59 bits per heavy atom. The molecule has 2 N–H and O–H groups in total. The van der Waals surface area contributed by atoms with Crippen LogP contribution in [0.15, 0.2) is 12.0 Å². The molecule has 0 spiro atoms. The third-order valence-corrected chi connectivity index (χ3v) is 2.02. The number of halogens is 2. The van der Waals surface area contributed by atoms with Gasteiger partial charge in [0.2, 0.25) is 5.39 Å². The van der Waals surface area contributed by atoms with Crippen LogP contribution in [0.5, 0.6) is 0 Å². The normalized spacial score (nSPS) is 12.8. The third-order valence-electron chi connectivity index (χ3n) is 1.62. The summed E-state index contributed by atoms with van der Waals surface area (Å²) in [5, 5.41) is 19.5. The fraction of sp³-hybridized carbons (Fsp3) is 0.500. The Morgan fingerprint density at radius 1 is 1.59 bits per heavy atom.